The van der Waals surface area contributed by atoms with Crippen LogP contribution in [0.5, 0.6) is 17.2 Å². The van der Waals surface area contributed by atoms with Crippen molar-refractivity contribution in [3.05, 3.63) is 59.4 Å². The molecule has 2 aromatic carbocycles. The molecule has 0 radical (unpaired) electrons. The zero-order valence-electron chi connectivity index (χ0n) is 15.9. The van der Waals surface area contributed by atoms with E-state index in [0.717, 1.165) is 0 Å². The number of amides is 2. The van der Waals surface area contributed by atoms with Gasteiger partial charge in [0.25, 0.3) is 5.91 Å². The molecule has 2 aromatic rings. The van der Waals surface area contributed by atoms with E-state index < -0.39 is 11.7 Å². The second kappa shape index (κ2) is 9.59. The Morgan fingerprint density at radius 1 is 1.14 bits per heavy atom. The van der Waals surface area contributed by atoms with Gasteiger partial charge >= 0.3 is 0 Å². The summed E-state index contributed by atoms with van der Waals surface area (Å²) in [5, 5.41) is 5.20. The fourth-order valence-electron chi connectivity index (χ4n) is 2.72. The standard InChI is InChI=1S/C21H21FN2O5/c1-27-17-12-14(13-18-20(17)29-11-10-28-18)6-7-19(25)23-8-9-24-21(26)15-4-2-3-5-16(15)22/h2-7,12-13H,8-11H2,1H3,(H,23,25)(H,24,26). The summed E-state index contributed by atoms with van der Waals surface area (Å²) in [6.45, 7) is 1.27. The zero-order chi connectivity index (χ0) is 20.6. The fourth-order valence-corrected chi connectivity index (χ4v) is 2.72. The highest BCUT2D eigenvalue weighted by atomic mass is 19.1. The highest BCUT2D eigenvalue weighted by Gasteiger charge is 2.17. The number of carbonyl (C=O) groups excluding carboxylic acids is 2. The van der Waals surface area contributed by atoms with Crippen LogP contribution in [0, 0.1) is 5.82 Å². The summed E-state index contributed by atoms with van der Waals surface area (Å²) in [6, 6.07) is 9.21. The van der Waals surface area contributed by atoms with Gasteiger partial charge in [0.05, 0.1) is 12.7 Å². The number of methoxy groups -OCH3 is 1. The Morgan fingerprint density at radius 3 is 2.69 bits per heavy atom. The second-order valence-corrected chi connectivity index (χ2v) is 6.11. The maximum Gasteiger partial charge on any atom is 0.254 e. The van der Waals surface area contributed by atoms with E-state index in [4.69, 9.17) is 14.2 Å². The molecule has 0 bridgehead atoms. The number of rotatable bonds is 7. The quantitative estimate of drug-likeness (QED) is 0.550. The van der Waals surface area contributed by atoms with E-state index in [1.165, 1.54) is 31.4 Å². The minimum absolute atomic E-state index is 0.0359. The summed E-state index contributed by atoms with van der Waals surface area (Å²) in [4.78, 5) is 23.9. The molecule has 0 aliphatic carbocycles. The lowest BCUT2D eigenvalue weighted by Crippen LogP contribution is -2.34. The van der Waals surface area contributed by atoms with Crippen molar-refractivity contribution in [1.82, 2.24) is 10.6 Å². The van der Waals surface area contributed by atoms with E-state index in [1.807, 2.05) is 0 Å². The number of hydrogen-bond acceptors (Lipinski definition) is 5. The van der Waals surface area contributed by atoms with Gasteiger partial charge in [-0.05, 0) is 35.9 Å². The summed E-state index contributed by atoms with van der Waals surface area (Å²) < 4.78 is 29.9. The van der Waals surface area contributed by atoms with E-state index in [9.17, 15) is 14.0 Å². The van der Waals surface area contributed by atoms with Gasteiger partial charge in [-0.1, -0.05) is 12.1 Å². The number of fused-ring (bicyclic) bond motifs is 1. The Hall–Kier alpha value is -3.55. The molecule has 1 aliphatic heterocycles. The van der Waals surface area contributed by atoms with Crippen LogP contribution >= 0.6 is 0 Å². The maximum atomic E-state index is 13.5. The molecule has 0 atom stereocenters. The molecule has 7 nitrogen and oxygen atoms in total. The number of hydrogen-bond donors (Lipinski definition) is 2. The van der Waals surface area contributed by atoms with Gasteiger partial charge in [0.1, 0.15) is 19.0 Å². The third-order valence-electron chi connectivity index (χ3n) is 4.11. The van der Waals surface area contributed by atoms with Gasteiger partial charge in [-0.15, -0.1) is 0 Å². The van der Waals surface area contributed by atoms with E-state index in [1.54, 1.807) is 24.3 Å². The normalized spacial score (nSPS) is 12.5. The van der Waals surface area contributed by atoms with Gasteiger partial charge in [0.15, 0.2) is 11.5 Å². The third kappa shape index (κ3) is 5.25. The smallest absolute Gasteiger partial charge is 0.254 e. The molecule has 0 aromatic heterocycles. The predicted molar refractivity (Wildman–Crippen MR) is 105 cm³/mol. The summed E-state index contributed by atoms with van der Waals surface area (Å²) >= 11 is 0. The van der Waals surface area contributed by atoms with Gasteiger partial charge in [-0.2, -0.15) is 0 Å². The lowest BCUT2D eigenvalue weighted by Gasteiger charge is -2.20. The minimum Gasteiger partial charge on any atom is -0.493 e. The molecular formula is C21H21FN2O5. The van der Waals surface area contributed by atoms with Gasteiger partial charge < -0.3 is 24.8 Å². The van der Waals surface area contributed by atoms with Crippen molar-refractivity contribution in [3.63, 3.8) is 0 Å². The van der Waals surface area contributed by atoms with E-state index in [2.05, 4.69) is 10.6 Å². The molecule has 0 fully saturated rings. The van der Waals surface area contributed by atoms with Crippen LogP contribution in [0.1, 0.15) is 15.9 Å². The van der Waals surface area contributed by atoms with Crippen LogP contribution in [-0.4, -0.2) is 45.2 Å². The third-order valence-corrected chi connectivity index (χ3v) is 4.11. The number of benzene rings is 2. The molecule has 0 unspecified atom stereocenters. The first kappa shape index (κ1) is 20.2. The molecule has 2 N–H and O–H groups in total. The van der Waals surface area contributed by atoms with Crippen LogP contribution < -0.4 is 24.8 Å². The van der Waals surface area contributed by atoms with Gasteiger partial charge in [0.2, 0.25) is 11.7 Å². The largest absolute Gasteiger partial charge is 0.493 e. The summed E-state index contributed by atoms with van der Waals surface area (Å²) in [5.74, 6) is 0.178. The van der Waals surface area contributed by atoms with Crippen LogP contribution in [0.15, 0.2) is 42.5 Å². The molecule has 0 saturated heterocycles. The van der Waals surface area contributed by atoms with Crippen LogP contribution in [0.4, 0.5) is 4.39 Å². The first-order valence-electron chi connectivity index (χ1n) is 9.05. The molecule has 3 rings (SSSR count). The minimum atomic E-state index is -0.591. The van der Waals surface area contributed by atoms with Crippen molar-refractivity contribution in [3.8, 4) is 17.2 Å². The maximum absolute atomic E-state index is 13.5. The highest BCUT2D eigenvalue weighted by Crippen LogP contribution is 2.40. The number of nitrogens with one attached hydrogen (secondary N) is 2. The molecule has 0 saturated carbocycles. The van der Waals surface area contributed by atoms with Crippen molar-refractivity contribution in [2.24, 2.45) is 0 Å². The topological polar surface area (TPSA) is 85.9 Å². The number of halogens is 1. The summed E-state index contributed by atoms with van der Waals surface area (Å²) in [7, 11) is 1.53. The zero-order valence-corrected chi connectivity index (χ0v) is 15.9. The van der Waals surface area contributed by atoms with E-state index in [0.29, 0.717) is 36.0 Å². The van der Waals surface area contributed by atoms with E-state index in [-0.39, 0.29) is 24.6 Å². The number of carbonyl (C=O) groups is 2. The summed E-state index contributed by atoms with van der Waals surface area (Å²) in [5.41, 5.74) is 0.681. The lowest BCUT2D eigenvalue weighted by molar-refractivity contribution is -0.116. The average Bonchev–Trinajstić information content (AvgIpc) is 2.74. The number of ether oxygens (including phenoxy) is 3. The summed E-state index contributed by atoms with van der Waals surface area (Å²) in [6.07, 6.45) is 2.98. The van der Waals surface area contributed by atoms with E-state index >= 15 is 0 Å². The molecular weight excluding hydrogens is 379 g/mol. The van der Waals surface area contributed by atoms with Crippen LogP contribution in [0.3, 0.4) is 0 Å². The Kier molecular flexibility index (Phi) is 6.67. The van der Waals surface area contributed by atoms with Crippen molar-refractivity contribution in [1.29, 1.82) is 0 Å². The van der Waals surface area contributed by atoms with Gasteiger partial charge in [-0.3, -0.25) is 9.59 Å². The Balaban J connectivity index is 1.49. The molecule has 2 amide bonds. The Labute approximate surface area is 167 Å². The van der Waals surface area contributed by atoms with Crippen molar-refractivity contribution in [2.45, 2.75) is 0 Å². The van der Waals surface area contributed by atoms with Crippen LogP contribution in [0.25, 0.3) is 6.08 Å². The first-order valence-corrected chi connectivity index (χ1v) is 9.05. The monoisotopic (exact) mass is 400 g/mol. The van der Waals surface area contributed by atoms with Crippen molar-refractivity contribution in [2.75, 3.05) is 33.4 Å². The average molecular weight is 400 g/mol. The lowest BCUT2D eigenvalue weighted by atomic mass is 10.1. The van der Waals surface area contributed by atoms with Crippen LogP contribution in [0.2, 0.25) is 0 Å². The van der Waals surface area contributed by atoms with Gasteiger partial charge in [0, 0.05) is 19.2 Å². The molecule has 0 spiro atoms. The SMILES string of the molecule is COc1cc(C=CC(=O)NCCNC(=O)c2ccccc2F)cc2c1OCCO2. The first-order chi connectivity index (χ1) is 14.1. The molecule has 152 valence electrons. The van der Waals surface area contributed by atoms with Crippen molar-refractivity contribution >= 4 is 17.9 Å². The Bertz CT molecular complexity index is 912. The molecule has 8 heteroatoms. The molecule has 1 heterocycles. The predicted octanol–water partition coefficient (Wildman–Crippen LogP) is 2.16. The fraction of sp³-hybridized carbons (Fsp3) is 0.238. The Morgan fingerprint density at radius 2 is 1.90 bits per heavy atom. The van der Waals surface area contributed by atoms with Crippen LogP contribution in [-0.2, 0) is 4.79 Å². The highest BCUT2D eigenvalue weighted by molar-refractivity contribution is 5.94. The van der Waals surface area contributed by atoms with Crippen molar-refractivity contribution < 1.29 is 28.2 Å². The van der Waals surface area contributed by atoms with Gasteiger partial charge in [-0.25, -0.2) is 4.39 Å². The second-order valence-electron chi connectivity index (χ2n) is 6.11. The molecule has 29 heavy (non-hydrogen) atoms. The molecule has 1 aliphatic rings.